The molecule has 0 aromatic carbocycles. The Morgan fingerprint density at radius 1 is 0.486 bits per heavy atom. The molecule has 7 nitrogen and oxygen atoms in total. The molecule has 72 heavy (non-hydrogen) atoms. The molecule has 15 atom stereocenters. The van der Waals surface area contributed by atoms with E-state index in [1.807, 2.05) is 0 Å². The molecule has 6 unspecified atom stereocenters. The monoisotopic (exact) mass is 995 g/mol. The molecule has 0 aliphatic heterocycles. The average molecular weight is 996 g/mol. The zero-order chi connectivity index (χ0) is 51.8. The molecule has 9 aliphatic rings. The van der Waals surface area contributed by atoms with Gasteiger partial charge in [0.2, 0.25) is 0 Å². The van der Waals surface area contributed by atoms with Gasteiger partial charge in [0.05, 0.1) is 28.3 Å². The topological polar surface area (TPSA) is 99.1 Å². The Hall–Kier alpha value is -2.41. The van der Waals surface area contributed by atoms with E-state index in [4.69, 9.17) is 14.2 Å². The van der Waals surface area contributed by atoms with Crippen LogP contribution in [-0.4, -0.2) is 49.4 Å². The summed E-state index contributed by atoms with van der Waals surface area (Å²) < 4.78 is 19.7. The number of hydrogen-bond acceptors (Lipinski definition) is 7. The van der Waals surface area contributed by atoms with Crippen molar-refractivity contribution in [3.8, 4) is 0 Å². The summed E-state index contributed by atoms with van der Waals surface area (Å²) in [5.41, 5.74) is 1.44. The summed E-state index contributed by atoms with van der Waals surface area (Å²) in [6, 6.07) is 0. The highest BCUT2D eigenvalue weighted by Crippen LogP contribution is 2.66. The maximum Gasteiger partial charge on any atom is 0.312 e. The van der Waals surface area contributed by atoms with Gasteiger partial charge in [-0.25, -0.2) is 0 Å². The average Bonchev–Trinajstić information content (AvgIpc) is 3.35. The fraction of sp³-hybridized carbons (Fsp3) is 0.862. The largest absolute Gasteiger partial charge is 0.464 e. The van der Waals surface area contributed by atoms with Crippen LogP contribution in [0.4, 0.5) is 0 Å². The van der Waals surface area contributed by atoms with Crippen molar-refractivity contribution in [2.24, 2.45) is 109 Å². The first-order valence-corrected chi connectivity index (χ1v) is 30.2. The number of aliphatic hydroxyl groups is 1. The standard InChI is InChI=1S/C65H102O7/c1-41(2)44-16-22-50-47(34-44)19-25-53-59(50,7)28-13-31-62(53,10)56(67)70-38-65(37-66,39-71-57(68)63(11)32-14-29-60(8)51-23-17-45(42(3)4)35-48(51)20-26-54(60)63)40-72-58(69)64(12)33-15-30-61(9)52-24-18-46(43(5)6)36-49(52)21-27-55(61)64/h19-21,41-46,50-55,66H,13-18,22-40H2,1-12H3/t44?,45?,46?,50-,51-,52-,53?,54?,55?,59-,60-,61-,62+,63+,64+,65?/m1/s1. The van der Waals surface area contributed by atoms with E-state index in [9.17, 15) is 5.11 Å². The van der Waals surface area contributed by atoms with Crippen LogP contribution in [0.15, 0.2) is 34.9 Å². The molecule has 0 aromatic heterocycles. The molecule has 0 heterocycles. The van der Waals surface area contributed by atoms with Crippen molar-refractivity contribution in [2.75, 3.05) is 26.4 Å². The van der Waals surface area contributed by atoms with Crippen molar-refractivity contribution in [3.63, 3.8) is 0 Å². The molecule has 0 saturated heterocycles. The maximum atomic E-state index is 15.0. The SMILES string of the molecule is CC(C)C1CC[C@@H]2C(=CCC3[C@]2(C)CCC[C@]3(C)C(=O)OCC(CO)(COC(=O)[C@@]2(C)CCC[C@@]3(C)C2CC=C2CC(C(C)C)CC[C@H]23)COC(=O)[C@@]2(C)CCC[C@@]3(C)C2CC=C2CC(C(C)C)CC[C@H]23)C1. The number of esters is 3. The number of fused-ring (bicyclic) bond motifs is 9. The molecule has 9 rings (SSSR count). The second kappa shape index (κ2) is 20.2. The zero-order valence-electron chi connectivity index (χ0n) is 47.7. The van der Waals surface area contributed by atoms with Crippen LogP contribution in [0, 0.1) is 109 Å². The summed E-state index contributed by atoms with van der Waals surface area (Å²) >= 11 is 0. The third-order valence-electron chi connectivity index (χ3n) is 24.6. The van der Waals surface area contributed by atoms with E-state index < -0.39 is 28.3 Å². The minimum Gasteiger partial charge on any atom is -0.464 e. The van der Waals surface area contributed by atoms with Gasteiger partial charge in [0.15, 0.2) is 0 Å². The summed E-state index contributed by atoms with van der Waals surface area (Å²) in [5, 5.41) is 11.7. The summed E-state index contributed by atoms with van der Waals surface area (Å²) in [6.45, 7) is 26.9. The summed E-state index contributed by atoms with van der Waals surface area (Å²) in [6.07, 6.45) is 29.4. The van der Waals surface area contributed by atoms with Crippen LogP contribution < -0.4 is 0 Å². The Morgan fingerprint density at radius 2 is 0.764 bits per heavy atom. The summed E-state index contributed by atoms with van der Waals surface area (Å²) in [4.78, 5) is 45.1. The lowest BCUT2D eigenvalue weighted by Gasteiger charge is -2.58. The molecule has 0 radical (unpaired) electrons. The minimum atomic E-state index is -1.32. The third-order valence-corrected chi connectivity index (χ3v) is 24.6. The van der Waals surface area contributed by atoms with E-state index in [0.29, 0.717) is 35.5 Å². The molecule has 6 saturated carbocycles. The molecule has 9 aliphatic carbocycles. The van der Waals surface area contributed by atoms with Gasteiger partial charge in [0, 0.05) is 0 Å². The predicted octanol–water partition coefficient (Wildman–Crippen LogP) is 15.2. The number of carbonyl (C=O) groups is 3. The molecular formula is C65H102O7. The van der Waals surface area contributed by atoms with Crippen LogP contribution >= 0.6 is 0 Å². The van der Waals surface area contributed by atoms with Crippen molar-refractivity contribution in [1.29, 1.82) is 0 Å². The van der Waals surface area contributed by atoms with Gasteiger partial charge in [-0.1, -0.05) is 117 Å². The van der Waals surface area contributed by atoms with E-state index in [-0.39, 0.29) is 71.7 Å². The van der Waals surface area contributed by atoms with Crippen molar-refractivity contribution in [3.05, 3.63) is 34.9 Å². The smallest absolute Gasteiger partial charge is 0.312 e. The Kier molecular flexibility index (Phi) is 15.2. The predicted molar refractivity (Wildman–Crippen MR) is 288 cm³/mol. The lowest BCUT2D eigenvalue weighted by molar-refractivity contribution is -0.190. The highest BCUT2D eigenvalue weighted by atomic mass is 16.6. The molecular weight excluding hydrogens is 893 g/mol. The number of carbonyl (C=O) groups excluding carboxylic acids is 3. The Morgan fingerprint density at radius 3 is 1.01 bits per heavy atom. The van der Waals surface area contributed by atoms with Crippen LogP contribution in [0.2, 0.25) is 0 Å². The van der Waals surface area contributed by atoms with Gasteiger partial charge in [-0.15, -0.1) is 0 Å². The van der Waals surface area contributed by atoms with Gasteiger partial charge in [0.25, 0.3) is 0 Å². The normalized spacial score (nSPS) is 43.5. The molecule has 0 spiro atoms. The van der Waals surface area contributed by atoms with Crippen molar-refractivity contribution in [2.45, 2.75) is 218 Å². The number of allylic oxidation sites excluding steroid dienone is 6. The minimum absolute atomic E-state index is 0.0106. The molecule has 0 bridgehead atoms. The first-order valence-electron chi connectivity index (χ1n) is 30.2. The molecule has 1 N–H and O–H groups in total. The second-order valence-electron chi connectivity index (χ2n) is 29.4. The van der Waals surface area contributed by atoms with Gasteiger partial charge >= 0.3 is 17.9 Å². The summed E-state index contributed by atoms with van der Waals surface area (Å²) in [7, 11) is 0. The van der Waals surface area contributed by atoms with Crippen molar-refractivity contribution in [1.82, 2.24) is 0 Å². The lowest BCUT2D eigenvalue weighted by Crippen LogP contribution is -2.56. The molecule has 7 heteroatoms. The van der Waals surface area contributed by atoms with Gasteiger partial charge < -0.3 is 19.3 Å². The number of rotatable bonds is 13. The van der Waals surface area contributed by atoms with Gasteiger partial charge in [-0.05, 0) is 224 Å². The highest BCUT2D eigenvalue weighted by Gasteiger charge is 2.62. The molecule has 404 valence electrons. The molecule has 0 amide bonds. The Labute approximate surface area is 438 Å². The van der Waals surface area contributed by atoms with Crippen LogP contribution in [0.3, 0.4) is 0 Å². The van der Waals surface area contributed by atoms with E-state index in [1.165, 1.54) is 57.8 Å². The van der Waals surface area contributed by atoms with Crippen molar-refractivity contribution < 1.29 is 33.7 Å². The lowest BCUT2D eigenvalue weighted by atomic mass is 9.46. The maximum absolute atomic E-state index is 15.0. The Bertz CT molecular complexity index is 1900. The number of aliphatic hydroxyl groups excluding tert-OH is 1. The first kappa shape index (κ1) is 54.4. The highest BCUT2D eigenvalue weighted by molar-refractivity contribution is 5.79. The fourth-order valence-corrected chi connectivity index (χ4v) is 19.5. The third kappa shape index (κ3) is 9.19. The Balaban J connectivity index is 0.959. The zero-order valence-corrected chi connectivity index (χ0v) is 47.7. The van der Waals surface area contributed by atoms with E-state index in [1.54, 1.807) is 16.7 Å². The van der Waals surface area contributed by atoms with E-state index >= 15 is 14.4 Å². The fourth-order valence-electron chi connectivity index (χ4n) is 19.5. The van der Waals surface area contributed by atoms with Crippen molar-refractivity contribution >= 4 is 17.9 Å². The summed E-state index contributed by atoms with van der Waals surface area (Å²) in [5.74, 6) is 5.38. The number of hydrogen-bond donors (Lipinski definition) is 1. The van der Waals surface area contributed by atoms with Crippen LogP contribution in [-0.2, 0) is 28.6 Å². The number of ether oxygens (including phenoxy) is 3. The van der Waals surface area contributed by atoms with Gasteiger partial charge in [0.1, 0.15) is 19.8 Å². The first-order chi connectivity index (χ1) is 34.0. The van der Waals surface area contributed by atoms with Gasteiger partial charge in [-0.2, -0.15) is 0 Å². The van der Waals surface area contributed by atoms with Crippen LogP contribution in [0.5, 0.6) is 0 Å². The second-order valence-corrected chi connectivity index (χ2v) is 29.4. The van der Waals surface area contributed by atoms with Gasteiger partial charge in [-0.3, -0.25) is 14.4 Å². The van der Waals surface area contributed by atoms with E-state index in [2.05, 4.69) is 101 Å². The quantitative estimate of drug-likeness (QED) is 0.111. The van der Waals surface area contributed by atoms with Crippen LogP contribution in [0.25, 0.3) is 0 Å². The van der Waals surface area contributed by atoms with E-state index in [0.717, 1.165) is 94.8 Å². The molecule has 6 fully saturated rings. The van der Waals surface area contributed by atoms with Crippen LogP contribution in [0.1, 0.15) is 218 Å². The molecule has 0 aromatic rings.